The summed E-state index contributed by atoms with van der Waals surface area (Å²) < 4.78 is 4.91. The van der Waals surface area contributed by atoms with E-state index in [1.807, 2.05) is 0 Å². The van der Waals surface area contributed by atoms with Gasteiger partial charge in [0.05, 0.1) is 17.9 Å². The van der Waals surface area contributed by atoms with Crippen molar-refractivity contribution in [1.29, 1.82) is 0 Å². The molecule has 0 bridgehead atoms. The van der Waals surface area contributed by atoms with Crippen LogP contribution in [0, 0.1) is 6.92 Å². The standard InChI is InChI=1S/C12H13NO4/c1-8-4-2-5-9(10(8)11(14)15)13-6-3-7-17-12(13)16/h2,4-5H,3,6-7H2,1H3,(H,14,15). The van der Waals surface area contributed by atoms with E-state index in [1.165, 1.54) is 4.90 Å². The smallest absolute Gasteiger partial charge is 0.414 e. The number of rotatable bonds is 2. The highest BCUT2D eigenvalue weighted by Gasteiger charge is 2.26. The van der Waals surface area contributed by atoms with Crippen LogP contribution in [0.4, 0.5) is 10.5 Å². The van der Waals surface area contributed by atoms with E-state index in [0.717, 1.165) is 0 Å². The van der Waals surface area contributed by atoms with E-state index in [0.29, 0.717) is 30.8 Å². The first-order valence-electron chi connectivity index (χ1n) is 5.38. The molecule has 0 saturated carbocycles. The van der Waals surface area contributed by atoms with E-state index in [1.54, 1.807) is 25.1 Å². The third-order valence-electron chi connectivity index (χ3n) is 2.73. The highest BCUT2D eigenvalue weighted by molar-refractivity contribution is 6.01. The van der Waals surface area contributed by atoms with Crippen molar-refractivity contribution in [2.24, 2.45) is 0 Å². The van der Waals surface area contributed by atoms with Crippen molar-refractivity contribution in [3.05, 3.63) is 29.3 Å². The van der Waals surface area contributed by atoms with Crippen LogP contribution in [-0.4, -0.2) is 30.3 Å². The molecule has 1 heterocycles. The van der Waals surface area contributed by atoms with Crippen molar-refractivity contribution >= 4 is 17.7 Å². The molecule has 5 nitrogen and oxygen atoms in total. The Morgan fingerprint density at radius 2 is 2.24 bits per heavy atom. The number of aryl methyl sites for hydroxylation is 1. The first-order valence-corrected chi connectivity index (χ1v) is 5.38. The fourth-order valence-electron chi connectivity index (χ4n) is 1.93. The van der Waals surface area contributed by atoms with Crippen molar-refractivity contribution in [2.75, 3.05) is 18.1 Å². The highest BCUT2D eigenvalue weighted by atomic mass is 16.6. The van der Waals surface area contributed by atoms with E-state index in [-0.39, 0.29) is 5.56 Å². The Bertz CT molecular complexity index is 470. The van der Waals surface area contributed by atoms with Gasteiger partial charge in [-0.1, -0.05) is 12.1 Å². The third kappa shape index (κ3) is 2.08. The van der Waals surface area contributed by atoms with Crippen LogP contribution in [0.15, 0.2) is 18.2 Å². The number of hydrogen-bond acceptors (Lipinski definition) is 3. The topological polar surface area (TPSA) is 66.8 Å². The first kappa shape index (κ1) is 11.4. The molecule has 0 unspecified atom stereocenters. The Kier molecular flexibility index (Phi) is 2.99. The molecular weight excluding hydrogens is 222 g/mol. The van der Waals surface area contributed by atoms with Crippen LogP contribution >= 0.6 is 0 Å². The molecule has 1 saturated heterocycles. The maximum atomic E-state index is 11.6. The van der Waals surface area contributed by atoms with E-state index in [9.17, 15) is 14.7 Å². The lowest BCUT2D eigenvalue weighted by molar-refractivity contribution is 0.0697. The zero-order valence-corrected chi connectivity index (χ0v) is 9.47. The molecule has 1 aliphatic rings. The second kappa shape index (κ2) is 4.45. The van der Waals surface area contributed by atoms with Crippen molar-refractivity contribution in [3.63, 3.8) is 0 Å². The number of carboxylic acids is 1. The van der Waals surface area contributed by atoms with Crippen LogP contribution in [0.25, 0.3) is 0 Å². The van der Waals surface area contributed by atoms with Crippen molar-refractivity contribution in [3.8, 4) is 0 Å². The predicted octanol–water partition coefficient (Wildman–Crippen LogP) is 2.04. The molecule has 1 aromatic carbocycles. The number of carbonyl (C=O) groups is 2. The van der Waals surface area contributed by atoms with Crippen LogP contribution in [0.2, 0.25) is 0 Å². The SMILES string of the molecule is Cc1cccc(N2CCCOC2=O)c1C(=O)O. The average Bonchev–Trinajstić information content (AvgIpc) is 2.28. The predicted molar refractivity (Wildman–Crippen MR) is 61.4 cm³/mol. The molecule has 1 aliphatic heterocycles. The maximum absolute atomic E-state index is 11.6. The number of anilines is 1. The lowest BCUT2D eigenvalue weighted by Crippen LogP contribution is -2.38. The van der Waals surface area contributed by atoms with Crippen LogP contribution in [0.3, 0.4) is 0 Å². The summed E-state index contributed by atoms with van der Waals surface area (Å²) in [5, 5.41) is 9.18. The molecule has 0 aromatic heterocycles. The molecule has 1 aromatic rings. The van der Waals surface area contributed by atoms with Gasteiger partial charge in [-0.3, -0.25) is 4.90 Å². The second-order valence-corrected chi connectivity index (χ2v) is 3.89. The number of cyclic esters (lactones) is 1. The van der Waals surface area contributed by atoms with E-state index < -0.39 is 12.1 Å². The van der Waals surface area contributed by atoms with Gasteiger partial charge in [0.25, 0.3) is 0 Å². The molecular formula is C12H13NO4. The van der Waals surface area contributed by atoms with Gasteiger partial charge in [0.1, 0.15) is 0 Å². The monoisotopic (exact) mass is 235 g/mol. The summed E-state index contributed by atoms with van der Waals surface area (Å²) in [6, 6.07) is 5.07. The zero-order valence-electron chi connectivity index (χ0n) is 9.47. The minimum Gasteiger partial charge on any atom is -0.478 e. The van der Waals surface area contributed by atoms with Gasteiger partial charge in [-0.25, -0.2) is 9.59 Å². The molecule has 17 heavy (non-hydrogen) atoms. The van der Waals surface area contributed by atoms with Crippen molar-refractivity contribution < 1.29 is 19.4 Å². The van der Waals surface area contributed by atoms with Crippen molar-refractivity contribution in [2.45, 2.75) is 13.3 Å². The van der Waals surface area contributed by atoms with Gasteiger partial charge in [0.2, 0.25) is 0 Å². The zero-order chi connectivity index (χ0) is 12.4. The Morgan fingerprint density at radius 1 is 1.47 bits per heavy atom. The molecule has 0 spiro atoms. The fraction of sp³-hybridized carbons (Fsp3) is 0.333. The van der Waals surface area contributed by atoms with Crippen molar-refractivity contribution in [1.82, 2.24) is 0 Å². The molecule has 0 atom stereocenters. The Hall–Kier alpha value is -2.04. The lowest BCUT2D eigenvalue weighted by atomic mass is 10.1. The number of amides is 1. The summed E-state index contributed by atoms with van der Waals surface area (Å²) in [5.74, 6) is -1.03. The minimum atomic E-state index is -1.03. The van der Waals surface area contributed by atoms with Gasteiger partial charge in [0.15, 0.2) is 0 Å². The number of hydrogen-bond donors (Lipinski definition) is 1. The first-order chi connectivity index (χ1) is 8.11. The maximum Gasteiger partial charge on any atom is 0.414 e. The van der Waals surface area contributed by atoms with Gasteiger partial charge >= 0.3 is 12.1 Å². The van der Waals surface area contributed by atoms with Gasteiger partial charge in [-0.05, 0) is 25.0 Å². The minimum absolute atomic E-state index is 0.159. The quantitative estimate of drug-likeness (QED) is 0.851. The number of ether oxygens (including phenoxy) is 1. The molecule has 0 radical (unpaired) electrons. The third-order valence-corrected chi connectivity index (χ3v) is 2.73. The van der Waals surface area contributed by atoms with Crippen LogP contribution in [-0.2, 0) is 4.74 Å². The number of carboxylic acid groups (broad SMARTS) is 1. The lowest BCUT2D eigenvalue weighted by Gasteiger charge is -2.27. The molecule has 2 rings (SSSR count). The number of nitrogens with zero attached hydrogens (tertiary/aromatic N) is 1. The summed E-state index contributed by atoms with van der Waals surface area (Å²) in [4.78, 5) is 24.2. The molecule has 1 fully saturated rings. The summed E-state index contributed by atoms with van der Waals surface area (Å²) in [5.41, 5.74) is 1.20. The molecule has 1 N–H and O–H groups in total. The Labute approximate surface area is 98.6 Å². The summed E-state index contributed by atoms with van der Waals surface area (Å²) in [7, 11) is 0. The normalized spacial score (nSPS) is 15.6. The average molecular weight is 235 g/mol. The van der Waals surface area contributed by atoms with E-state index >= 15 is 0 Å². The molecule has 90 valence electrons. The molecule has 0 aliphatic carbocycles. The van der Waals surface area contributed by atoms with Crippen LogP contribution < -0.4 is 4.90 Å². The Morgan fingerprint density at radius 3 is 2.88 bits per heavy atom. The van der Waals surface area contributed by atoms with Gasteiger partial charge < -0.3 is 9.84 Å². The number of benzene rings is 1. The van der Waals surface area contributed by atoms with E-state index in [2.05, 4.69) is 0 Å². The van der Waals surface area contributed by atoms with Gasteiger partial charge in [-0.15, -0.1) is 0 Å². The second-order valence-electron chi connectivity index (χ2n) is 3.89. The number of aromatic carboxylic acids is 1. The van der Waals surface area contributed by atoms with E-state index in [4.69, 9.17) is 4.74 Å². The largest absolute Gasteiger partial charge is 0.478 e. The number of carbonyl (C=O) groups excluding carboxylic acids is 1. The van der Waals surface area contributed by atoms with Crippen LogP contribution in [0.5, 0.6) is 0 Å². The van der Waals surface area contributed by atoms with Gasteiger partial charge in [-0.2, -0.15) is 0 Å². The summed E-state index contributed by atoms with van der Waals surface area (Å²) in [6.45, 7) is 2.59. The Balaban J connectivity index is 2.47. The summed E-state index contributed by atoms with van der Waals surface area (Å²) in [6.07, 6.45) is 0.225. The highest BCUT2D eigenvalue weighted by Crippen LogP contribution is 2.26. The van der Waals surface area contributed by atoms with Gasteiger partial charge in [0, 0.05) is 6.54 Å². The fourth-order valence-corrected chi connectivity index (χ4v) is 1.93. The molecule has 1 amide bonds. The van der Waals surface area contributed by atoms with Crippen LogP contribution in [0.1, 0.15) is 22.3 Å². The molecule has 5 heteroatoms. The summed E-state index contributed by atoms with van der Waals surface area (Å²) >= 11 is 0.